The Balaban J connectivity index is 2.72. The molecule has 0 fully saturated rings. The van der Waals surface area contributed by atoms with Gasteiger partial charge in [0.15, 0.2) is 0 Å². The van der Waals surface area contributed by atoms with E-state index in [-0.39, 0.29) is 5.54 Å². The summed E-state index contributed by atoms with van der Waals surface area (Å²) in [4.78, 5) is 2.27. The minimum absolute atomic E-state index is 0.0992. The van der Waals surface area contributed by atoms with Crippen LogP contribution < -0.4 is 5.32 Å². The van der Waals surface area contributed by atoms with Crippen molar-refractivity contribution in [2.45, 2.75) is 45.2 Å². The van der Waals surface area contributed by atoms with Gasteiger partial charge in [-0.3, -0.25) is 0 Å². The lowest BCUT2D eigenvalue weighted by Crippen LogP contribution is -2.56. The Kier molecular flexibility index (Phi) is 5.22. The molecule has 1 heterocycles. The maximum Gasteiger partial charge on any atom is 0.105 e. The molecule has 98 valence electrons. The second-order valence-corrected chi connectivity index (χ2v) is 5.34. The van der Waals surface area contributed by atoms with E-state index in [1.165, 1.54) is 0 Å². The van der Waals surface area contributed by atoms with Crippen molar-refractivity contribution < 1.29 is 4.42 Å². The summed E-state index contributed by atoms with van der Waals surface area (Å²) < 4.78 is 5.46. The summed E-state index contributed by atoms with van der Waals surface area (Å²) in [6.07, 6.45) is 3.82. The van der Waals surface area contributed by atoms with E-state index in [1.54, 1.807) is 6.26 Å². The number of rotatable bonds is 7. The molecule has 0 saturated carbocycles. The van der Waals surface area contributed by atoms with Crippen molar-refractivity contribution in [3.05, 3.63) is 24.2 Å². The molecule has 0 bridgehead atoms. The van der Waals surface area contributed by atoms with E-state index in [4.69, 9.17) is 4.42 Å². The molecule has 1 rings (SSSR count). The second kappa shape index (κ2) is 6.22. The SMILES string of the molecule is CCCNC(Cc1ccco1)C(C)(C)N(C)C. The summed E-state index contributed by atoms with van der Waals surface area (Å²) >= 11 is 0. The highest BCUT2D eigenvalue weighted by Gasteiger charge is 2.31. The highest BCUT2D eigenvalue weighted by molar-refractivity contribution is 5.04. The zero-order chi connectivity index (χ0) is 12.9. The zero-order valence-corrected chi connectivity index (χ0v) is 11.8. The van der Waals surface area contributed by atoms with Crippen LogP contribution in [-0.4, -0.2) is 37.1 Å². The van der Waals surface area contributed by atoms with Crippen molar-refractivity contribution in [3.8, 4) is 0 Å². The van der Waals surface area contributed by atoms with E-state index in [0.717, 1.165) is 25.1 Å². The highest BCUT2D eigenvalue weighted by atomic mass is 16.3. The summed E-state index contributed by atoms with van der Waals surface area (Å²) in [6.45, 7) is 7.77. The van der Waals surface area contributed by atoms with Crippen LogP contribution >= 0.6 is 0 Å². The summed E-state index contributed by atoms with van der Waals surface area (Å²) in [5.74, 6) is 1.05. The molecule has 3 nitrogen and oxygen atoms in total. The van der Waals surface area contributed by atoms with Crippen LogP contribution in [0.3, 0.4) is 0 Å². The van der Waals surface area contributed by atoms with Gasteiger partial charge in [0, 0.05) is 18.0 Å². The Morgan fingerprint density at radius 1 is 1.41 bits per heavy atom. The number of likely N-dealkylation sites (N-methyl/N-ethyl adjacent to an activating group) is 1. The van der Waals surface area contributed by atoms with Crippen LogP contribution in [0.1, 0.15) is 33.0 Å². The number of hydrogen-bond donors (Lipinski definition) is 1. The molecular formula is C14H26N2O. The van der Waals surface area contributed by atoms with Crippen LogP contribution in [0.15, 0.2) is 22.8 Å². The Morgan fingerprint density at radius 3 is 2.59 bits per heavy atom. The van der Waals surface area contributed by atoms with Gasteiger partial charge in [0.25, 0.3) is 0 Å². The van der Waals surface area contributed by atoms with E-state index in [1.807, 2.05) is 12.1 Å². The lowest BCUT2D eigenvalue weighted by Gasteiger charge is -2.40. The average molecular weight is 238 g/mol. The first-order valence-electron chi connectivity index (χ1n) is 6.41. The minimum atomic E-state index is 0.0992. The van der Waals surface area contributed by atoms with E-state index in [9.17, 15) is 0 Å². The molecule has 1 N–H and O–H groups in total. The molecule has 0 spiro atoms. The quantitative estimate of drug-likeness (QED) is 0.791. The van der Waals surface area contributed by atoms with Gasteiger partial charge in [-0.15, -0.1) is 0 Å². The zero-order valence-electron chi connectivity index (χ0n) is 11.8. The molecule has 0 radical (unpaired) electrons. The molecule has 1 aromatic heterocycles. The standard InChI is InChI=1S/C14H26N2O/c1-6-9-15-13(14(2,3)16(4)5)11-12-8-7-10-17-12/h7-8,10,13,15H,6,9,11H2,1-5H3. The van der Waals surface area contributed by atoms with Gasteiger partial charge in [0.2, 0.25) is 0 Å². The topological polar surface area (TPSA) is 28.4 Å². The minimum Gasteiger partial charge on any atom is -0.469 e. The van der Waals surface area contributed by atoms with Crippen molar-refractivity contribution in [3.63, 3.8) is 0 Å². The first-order valence-corrected chi connectivity index (χ1v) is 6.41. The van der Waals surface area contributed by atoms with Crippen LogP contribution in [0.2, 0.25) is 0 Å². The van der Waals surface area contributed by atoms with Gasteiger partial charge in [-0.05, 0) is 53.0 Å². The molecule has 3 heteroatoms. The fourth-order valence-electron chi connectivity index (χ4n) is 1.83. The van der Waals surface area contributed by atoms with Crippen LogP contribution in [0.25, 0.3) is 0 Å². The average Bonchev–Trinajstić information content (AvgIpc) is 2.76. The monoisotopic (exact) mass is 238 g/mol. The van der Waals surface area contributed by atoms with Crippen molar-refractivity contribution in [1.29, 1.82) is 0 Å². The van der Waals surface area contributed by atoms with E-state index < -0.39 is 0 Å². The third-order valence-corrected chi connectivity index (χ3v) is 3.63. The molecule has 1 unspecified atom stereocenters. The maximum atomic E-state index is 5.46. The fourth-order valence-corrected chi connectivity index (χ4v) is 1.83. The number of hydrogen-bond acceptors (Lipinski definition) is 3. The molecule has 0 amide bonds. The third-order valence-electron chi connectivity index (χ3n) is 3.63. The molecule has 1 atom stereocenters. The second-order valence-electron chi connectivity index (χ2n) is 5.34. The van der Waals surface area contributed by atoms with E-state index in [2.05, 4.69) is 45.1 Å². The van der Waals surface area contributed by atoms with E-state index in [0.29, 0.717) is 6.04 Å². The molecule has 0 saturated heterocycles. The summed E-state index contributed by atoms with van der Waals surface area (Å²) in [7, 11) is 4.26. The number of nitrogens with zero attached hydrogens (tertiary/aromatic N) is 1. The smallest absolute Gasteiger partial charge is 0.105 e. The van der Waals surface area contributed by atoms with Crippen LogP contribution in [0.5, 0.6) is 0 Å². The van der Waals surface area contributed by atoms with Crippen molar-refractivity contribution >= 4 is 0 Å². The van der Waals surface area contributed by atoms with Crippen molar-refractivity contribution in [1.82, 2.24) is 10.2 Å². The number of nitrogens with one attached hydrogen (secondary N) is 1. The van der Waals surface area contributed by atoms with Crippen LogP contribution in [-0.2, 0) is 6.42 Å². The largest absolute Gasteiger partial charge is 0.469 e. The molecule has 1 aromatic rings. The Bertz CT molecular complexity index is 304. The molecule has 0 aliphatic carbocycles. The van der Waals surface area contributed by atoms with E-state index >= 15 is 0 Å². The van der Waals surface area contributed by atoms with Gasteiger partial charge in [-0.1, -0.05) is 6.92 Å². The first-order chi connectivity index (χ1) is 7.98. The molecule has 0 aromatic carbocycles. The van der Waals surface area contributed by atoms with Crippen LogP contribution in [0, 0.1) is 0 Å². The Labute approximate surface area is 105 Å². The predicted molar refractivity (Wildman–Crippen MR) is 72.3 cm³/mol. The van der Waals surface area contributed by atoms with Crippen molar-refractivity contribution in [2.75, 3.05) is 20.6 Å². The Morgan fingerprint density at radius 2 is 2.12 bits per heavy atom. The summed E-state index contributed by atoms with van der Waals surface area (Å²) in [5, 5.41) is 3.63. The maximum absolute atomic E-state index is 5.46. The van der Waals surface area contributed by atoms with Gasteiger partial charge in [0.05, 0.1) is 6.26 Å². The first kappa shape index (κ1) is 14.3. The molecule has 0 aliphatic heterocycles. The third kappa shape index (κ3) is 3.86. The van der Waals surface area contributed by atoms with Gasteiger partial charge in [-0.2, -0.15) is 0 Å². The Hall–Kier alpha value is -0.800. The van der Waals surface area contributed by atoms with Gasteiger partial charge in [0.1, 0.15) is 5.76 Å². The molecule has 17 heavy (non-hydrogen) atoms. The van der Waals surface area contributed by atoms with Crippen molar-refractivity contribution in [2.24, 2.45) is 0 Å². The molecular weight excluding hydrogens is 212 g/mol. The van der Waals surface area contributed by atoms with Gasteiger partial charge >= 0.3 is 0 Å². The van der Waals surface area contributed by atoms with Gasteiger partial charge in [-0.25, -0.2) is 0 Å². The number of furan rings is 1. The normalized spacial score (nSPS) is 14.2. The molecule has 0 aliphatic rings. The lowest BCUT2D eigenvalue weighted by atomic mass is 9.89. The van der Waals surface area contributed by atoms with Gasteiger partial charge < -0.3 is 14.6 Å². The van der Waals surface area contributed by atoms with Crippen LogP contribution in [0.4, 0.5) is 0 Å². The lowest BCUT2D eigenvalue weighted by molar-refractivity contribution is 0.134. The summed E-state index contributed by atoms with van der Waals surface area (Å²) in [5.41, 5.74) is 0.0992. The predicted octanol–water partition coefficient (Wildman–Crippen LogP) is 2.53. The summed E-state index contributed by atoms with van der Waals surface area (Å²) in [6, 6.07) is 4.39. The highest BCUT2D eigenvalue weighted by Crippen LogP contribution is 2.20. The fraction of sp³-hybridized carbons (Fsp3) is 0.714.